The fourth-order valence-corrected chi connectivity index (χ4v) is 1.16. The van der Waals surface area contributed by atoms with E-state index in [0.29, 0.717) is 6.04 Å². The Hall–Kier alpha value is -1.32. The largest absolute Gasteiger partial charge is 0.350 e. The lowest BCUT2D eigenvalue weighted by Crippen LogP contribution is -2.21. The third-order valence-electron chi connectivity index (χ3n) is 1.92. The van der Waals surface area contributed by atoms with E-state index < -0.39 is 0 Å². The summed E-state index contributed by atoms with van der Waals surface area (Å²) in [6.07, 6.45) is 7.27. The molecule has 1 aromatic heterocycles. The number of hydrogen-bond acceptors (Lipinski definition) is 2. The Kier molecular flexibility index (Phi) is 1.60. The number of allylic oxidation sites excluding steroid dienone is 1. The van der Waals surface area contributed by atoms with Gasteiger partial charge in [-0.25, -0.2) is 9.48 Å². The quantitative estimate of drug-likeness (QED) is 0.652. The monoisotopic (exact) mass is 165 g/mol. The van der Waals surface area contributed by atoms with E-state index in [0.717, 1.165) is 12.8 Å². The SMILES string of the molecule is C/C=C\n1cnn(C2CC2)c1=O. The minimum absolute atomic E-state index is 0.0319. The van der Waals surface area contributed by atoms with E-state index >= 15 is 0 Å². The molecule has 0 unspecified atom stereocenters. The number of rotatable bonds is 2. The van der Waals surface area contributed by atoms with Crippen LogP contribution in [0.5, 0.6) is 0 Å². The van der Waals surface area contributed by atoms with Crippen molar-refractivity contribution < 1.29 is 0 Å². The third kappa shape index (κ3) is 1.09. The molecule has 12 heavy (non-hydrogen) atoms. The normalized spacial score (nSPS) is 17.4. The predicted octanol–water partition coefficient (Wildman–Crippen LogP) is 0.870. The molecule has 4 nitrogen and oxygen atoms in total. The summed E-state index contributed by atoms with van der Waals surface area (Å²) in [5, 5.41) is 4.01. The van der Waals surface area contributed by atoms with E-state index in [4.69, 9.17) is 0 Å². The molecule has 0 spiro atoms. The highest BCUT2D eigenvalue weighted by molar-refractivity contribution is 5.18. The minimum Gasteiger partial charge on any atom is -0.257 e. The van der Waals surface area contributed by atoms with Gasteiger partial charge in [0.2, 0.25) is 0 Å². The summed E-state index contributed by atoms with van der Waals surface area (Å²) in [5.41, 5.74) is -0.0319. The molecule has 1 saturated carbocycles. The Labute approximate surface area is 70.1 Å². The molecule has 4 heteroatoms. The summed E-state index contributed by atoms with van der Waals surface area (Å²) in [6, 6.07) is 0.365. The molecule has 0 radical (unpaired) electrons. The van der Waals surface area contributed by atoms with Gasteiger partial charge in [-0.1, -0.05) is 6.08 Å². The van der Waals surface area contributed by atoms with Gasteiger partial charge in [0.05, 0.1) is 6.04 Å². The summed E-state index contributed by atoms with van der Waals surface area (Å²) < 4.78 is 3.05. The topological polar surface area (TPSA) is 39.8 Å². The fourth-order valence-electron chi connectivity index (χ4n) is 1.16. The third-order valence-corrected chi connectivity index (χ3v) is 1.92. The van der Waals surface area contributed by atoms with Crippen LogP contribution in [0, 0.1) is 0 Å². The van der Waals surface area contributed by atoms with Gasteiger partial charge in [0, 0.05) is 6.20 Å². The molecule has 1 aromatic rings. The molecule has 2 rings (SSSR count). The minimum atomic E-state index is -0.0319. The van der Waals surface area contributed by atoms with Crippen molar-refractivity contribution in [3.8, 4) is 0 Å². The van der Waals surface area contributed by atoms with Crippen LogP contribution in [-0.4, -0.2) is 14.3 Å². The van der Waals surface area contributed by atoms with Crippen molar-refractivity contribution in [1.29, 1.82) is 0 Å². The molecule has 64 valence electrons. The van der Waals surface area contributed by atoms with Crippen molar-refractivity contribution in [2.45, 2.75) is 25.8 Å². The summed E-state index contributed by atoms with van der Waals surface area (Å²) in [4.78, 5) is 11.5. The summed E-state index contributed by atoms with van der Waals surface area (Å²) in [5.74, 6) is 0. The van der Waals surface area contributed by atoms with Gasteiger partial charge < -0.3 is 0 Å². The number of aromatic nitrogens is 3. The van der Waals surface area contributed by atoms with Gasteiger partial charge in [-0.3, -0.25) is 4.57 Å². The van der Waals surface area contributed by atoms with Crippen molar-refractivity contribution in [2.75, 3.05) is 0 Å². The van der Waals surface area contributed by atoms with Gasteiger partial charge >= 0.3 is 5.69 Å². The van der Waals surface area contributed by atoms with Crippen molar-refractivity contribution in [1.82, 2.24) is 14.3 Å². The number of hydrogen-bond donors (Lipinski definition) is 0. The fraction of sp³-hybridized carbons (Fsp3) is 0.500. The van der Waals surface area contributed by atoms with Crippen molar-refractivity contribution in [3.63, 3.8) is 0 Å². The van der Waals surface area contributed by atoms with Gasteiger partial charge in [-0.2, -0.15) is 5.10 Å². The summed E-state index contributed by atoms with van der Waals surface area (Å²) in [6.45, 7) is 1.88. The van der Waals surface area contributed by atoms with E-state index in [-0.39, 0.29) is 5.69 Å². The van der Waals surface area contributed by atoms with Gasteiger partial charge in [0.1, 0.15) is 6.33 Å². The molecule has 0 amide bonds. The molecule has 0 aliphatic heterocycles. The Bertz CT molecular complexity index is 357. The first-order chi connectivity index (χ1) is 5.83. The average molecular weight is 165 g/mol. The molecule has 0 bridgehead atoms. The van der Waals surface area contributed by atoms with Crippen molar-refractivity contribution in [2.24, 2.45) is 0 Å². The van der Waals surface area contributed by atoms with Gasteiger partial charge in [0.15, 0.2) is 0 Å². The van der Waals surface area contributed by atoms with Crippen LogP contribution in [0.15, 0.2) is 17.2 Å². The van der Waals surface area contributed by atoms with E-state index in [1.807, 2.05) is 13.0 Å². The van der Waals surface area contributed by atoms with Crippen LogP contribution >= 0.6 is 0 Å². The molecule has 0 atom stereocenters. The van der Waals surface area contributed by atoms with E-state index in [2.05, 4.69) is 5.10 Å². The average Bonchev–Trinajstić information content (AvgIpc) is 2.82. The first-order valence-electron chi connectivity index (χ1n) is 4.11. The summed E-state index contributed by atoms with van der Waals surface area (Å²) in [7, 11) is 0. The zero-order valence-electron chi connectivity index (χ0n) is 6.97. The molecule has 0 aromatic carbocycles. The Morgan fingerprint density at radius 3 is 3.00 bits per heavy atom. The van der Waals surface area contributed by atoms with Crippen LogP contribution in [0.25, 0.3) is 6.20 Å². The van der Waals surface area contributed by atoms with Crippen LogP contribution in [0.1, 0.15) is 25.8 Å². The molecule has 1 aliphatic rings. The second-order valence-electron chi connectivity index (χ2n) is 2.98. The second kappa shape index (κ2) is 2.62. The van der Waals surface area contributed by atoms with E-state index in [1.165, 1.54) is 4.57 Å². The molecule has 1 aliphatic carbocycles. The lowest BCUT2D eigenvalue weighted by Gasteiger charge is -1.90. The van der Waals surface area contributed by atoms with Gasteiger partial charge in [-0.15, -0.1) is 0 Å². The lowest BCUT2D eigenvalue weighted by molar-refractivity contribution is 0.613. The molecular formula is C8H11N3O. The van der Waals surface area contributed by atoms with Gasteiger partial charge in [-0.05, 0) is 19.8 Å². The highest BCUT2D eigenvalue weighted by Gasteiger charge is 2.26. The lowest BCUT2D eigenvalue weighted by atomic mass is 10.7. The maximum Gasteiger partial charge on any atom is 0.350 e. The zero-order valence-corrected chi connectivity index (χ0v) is 6.97. The van der Waals surface area contributed by atoms with E-state index in [1.54, 1.807) is 17.2 Å². The molecule has 1 fully saturated rings. The van der Waals surface area contributed by atoms with Crippen LogP contribution in [-0.2, 0) is 0 Å². The Balaban J connectivity index is 2.40. The summed E-state index contributed by atoms with van der Waals surface area (Å²) >= 11 is 0. The first-order valence-corrected chi connectivity index (χ1v) is 4.11. The highest BCUT2D eigenvalue weighted by Crippen LogP contribution is 2.32. The number of nitrogens with zero attached hydrogens (tertiary/aromatic N) is 3. The first kappa shape index (κ1) is 7.34. The highest BCUT2D eigenvalue weighted by atomic mass is 16.2. The maximum absolute atomic E-state index is 11.5. The molecular weight excluding hydrogens is 154 g/mol. The van der Waals surface area contributed by atoms with Crippen molar-refractivity contribution >= 4 is 6.20 Å². The molecule has 0 N–H and O–H groups in total. The standard InChI is InChI=1S/C8H11N3O/c1-2-5-10-6-9-11(8(10)12)7-3-4-7/h2,5-7H,3-4H2,1H3/b5-2-. The van der Waals surface area contributed by atoms with Crippen LogP contribution in [0.2, 0.25) is 0 Å². The van der Waals surface area contributed by atoms with E-state index in [9.17, 15) is 4.79 Å². The second-order valence-corrected chi connectivity index (χ2v) is 2.98. The smallest absolute Gasteiger partial charge is 0.257 e. The van der Waals surface area contributed by atoms with Crippen molar-refractivity contribution in [3.05, 3.63) is 22.9 Å². The molecule has 1 heterocycles. The maximum atomic E-state index is 11.5. The van der Waals surface area contributed by atoms with Crippen LogP contribution < -0.4 is 5.69 Å². The Morgan fingerprint density at radius 2 is 2.42 bits per heavy atom. The molecule has 0 saturated heterocycles. The van der Waals surface area contributed by atoms with Gasteiger partial charge in [0.25, 0.3) is 0 Å². The zero-order chi connectivity index (χ0) is 8.55. The predicted molar refractivity (Wildman–Crippen MR) is 45.8 cm³/mol. The van der Waals surface area contributed by atoms with Crippen LogP contribution in [0.3, 0.4) is 0 Å². The van der Waals surface area contributed by atoms with Crippen LogP contribution in [0.4, 0.5) is 0 Å². The Morgan fingerprint density at radius 1 is 1.67 bits per heavy atom.